The Bertz CT molecular complexity index is 1130. The molecule has 0 unspecified atom stereocenters. The van der Waals surface area contributed by atoms with Crippen molar-refractivity contribution in [1.29, 1.82) is 0 Å². The number of likely N-dealkylation sites (N-methyl/N-ethyl adjacent to an activating group) is 1. The van der Waals surface area contributed by atoms with Gasteiger partial charge in [-0.1, -0.05) is 12.6 Å². The number of nitrogens with one attached hydrogen (secondary N) is 2. The molecule has 1 aromatic heterocycles. The van der Waals surface area contributed by atoms with Gasteiger partial charge in [-0.3, -0.25) is 4.79 Å². The Morgan fingerprint density at radius 2 is 1.88 bits per heavy atom. The number of amides is 1. The molecule has 9 heteroatoms. The summed E-state index contributed by atoms with van der Waals surface area (Å²) in [4.78, 5) is 25.1. The van der Waals surface area contributed by atoms with Gasteiger partial charge in [0, 0.05) is 49.3 Å². The van der Waals surface area contributed by atoms with Crippen LogP contribution >= 0.6 is 15.9 Å². The smallest absolute Gasteiger partial charge is 0.247 e. The number of carbonyl (C=O) groups is 1. The molecule has 1 amide bonds. The summed E-state index contributed by atoms with van der Waals surface area (Å²) in [5.41, 5.74) is 2.69. The second-order valence-corrected chi connectivity index (χ2v) is 8.49. The summed E-state index contributed by atoms with van der Waals surface area (Å²) in [6, 6.07) is 15.3. The number of piperazine rings is 1. The van der Waals surface area contributed by atoms with Crippen LogP contribution in [0.5, 0.6) is 11.6 Å². The average Bonchev–Trinajstić information content (AvgIpc) is 2.82. The van der Waals surface area contributed by atoms with Gasteiger partial charge in [-0.05, 0) is 65.5 Å². The third-order valence-corrected chi connectivity index (χ3v) is 5.75. The fraction of sp³-hybridized carbons (Fsp3) is 0.208. The minimum absolute atomic E-state index is 0.291. The van der Waals surface area contributed by atoms with Crippen LogP contribution in [-0.4, -0.2) is 54.0 Å². The first-order valence-electron chi connectivity index (χ1n) is 10.5. The van der Waals surface area contributed by atoms with Crippen LogP contribution < -0.4 is 20.3 Å². The third-order valence-electron chi connectivity index (χ3n) is 5.21. The van der Waals surface area contributed by atoms with Crippen LogP contribution in [-0.2, 0) is 4.79 Å². The molecule has 8 nitrogen and oxygen atoms in total. The van der Waals surface area contributed by atoms with Crippen molar-refractivity contribution in [2.45, 2.75) is 0 Å². The predicted octanol–water partition coefficient (Wildman–Crippen LogP) is 4.65. The summed E-state index contributed by atoms with van der Waals surface area (Å²) in [6.07, 6.45) is 2.84. The Morgan fingerprint density at radius 3 is 2.61 bits per heavy atom. The molecule has 3 aromatic rings. The van der Waals surface area contributed by atoms with Crippen LogP contribution in [0.2, 0.25) is 0 Å². The van der Waals surface area contributed by atoms with Crippen molar-refractivity contribution in [1.82, 2.24) is 14.9 Å². The van der Waals surface area contributed by atoms with Gasteiger partial charge >= 0.3 is 0 Å². The van der Waals surface area contributed by atoms with E-state index in [1.807, 2.05) is 12.1 Å². The SMILES string of the molecule is C=CC(=O)Nc1cccc(Oc2nc(Nc3ccc(N4CCN(C)CC4)cc3)ncc2Br)c1. The number of rotatable bonds is 7. The summed E-state index contributed by atoms with van der Waals surface area (Å²) < 4.78 is 6.53. The molecular formula is C24H25BrN6O2. The van der Waals surface area contributed by atoms with E-state index in [0.29, 0.717) is 27.7 Å². The van der Waals surface area contributed by atoms with E-state index in [-0.39, 0.29) is 5.91 Å². The summed E-state index contributed by atoms with van der Waals surface area (Å²) in [5, 5.41) is 5.93. The Labute approximate surface area is 201 Å². The van der Waals surface area contributed by atoms with Crippen LogP contribution in [0.1, 0.15) is 0 Å². The molecule has 170 valence electrons. The molecule has 2 aromatic carbocycles. The van der Waals surface area contributed by atoms with E-state index in [9.17, 15) is 4.79 Å². The zero-order valence-corrected chi connectivity index (χ0v) is 19.9. The largest absolute Gasteiger partial charge is 0.438 e. The highest BCUT2D eigenvalue weighted by Crippen LogP contribution is 2.30. The van der Waals surface area contributed by atoms with Crippen molar-refractivity contribution in [2.75, 3.05) is 48.8 Å². The maximum atomic E-state index is 11.5. The first-order valence-corrected chi connectivity index (χ1v) is 11.3. The minimum Gasteiger partial charge on any atom is -0.438 e. The maximum absolute atomic E-state index is 11.5. The van der Waals surface area contributed by atoms with E-state index >= 15 is 0 Å². The van der Waals surface area contributed by atoms with Crippen LogP contribution in [0.3, 0.4) is 0 Å². The number of ether oxygens (including phenoxy) is 1. The highest BCUT2D eigenvalue weighted by Gasteiger charge is 2.14. The average molecular weight is 509 g/mol. The number of aromatic nitrogens is 2. The Hall–Kier alpha value is -3.43. The normalized spacial score (nSPS) is 13.9. The van der Waals surface area contributed by atoms with Gasteiger partial charge in [-0.15, -0.1) is 0 Å². The second-order valence-electron chi connectivity index (χ2n) is 7.63. The molecule has 33 heavy (non-hydrogen) atoms. The Kier molecular flexibility index (Phi) is 7.21. The summed E-state index contributed by atoms with van der Waals surface area (Å²) in [5.74, 6) is 1.00. The lowest BCUT2D eigenvalue weighted by molar-refractivity contribution is -0.111. The van der Waals surface area contributed by atoms with Crippen molar-refractivity contribution >= 4 is 44.8 Å². The van der Waals surface area contributed by atoms with Crippen molar-refractivity contribution in [3.05, 3.63) is 71.9 Å². The summed E-state index contributed by atoms with van der Waals surface area (Å²) in [7, 11) is 2.15. The molecule has 1 saturated heterocycles. The highest BCUT2D eigenvalue weighted by molar-refractivity contribution is 9.10. The number of nitrogens with zero attached hydrogens (tertiary/aromatic N) is 4. The summed E-state index contributed by atoms with van der Waals surface area (Å²) in [6.45, 7) is 7.65. The number of benzene rings is 2. The van der Waals surface area contributed by atoms with Crippen molar-refractivity contribution in [3.63, 3.8) is 0 Å². The van der Waals surface area contributed by atoms with Gasteiger partial charge < -0.3 is 25.2 Å². The molecule has 0 bridgehead atoms. The van der Waals surface area contributed by atoms with Gasteiger partial charge in [0.15, 0.2) is 0 Å². The van der Waals surface area contributed by atoms with Gasteiger partial charge in [0.05, 0.1) is 10.7 Å². The van der Waals surface area contributed by atoms with E-state index in [0.717, 1.165) is 31.9 Å². The molecule has 4 rings (SSSR count). The first kappa shape index (κ1) is 22.8. The standard InChI is InChI=1S/C24H25BrN6O2/c1-3-22(32)27-18-5-4-6-20(15-18)33-23-21(25)16-26-24(29-23)28-17-7-9-19(10-8-17)31-13-11-30(2)12-14-31/h3-10,15-16H,1,11-14H2,2H3,(H,27,32)(H,26,28,29). The van der Waals surface area contributed by atoms with Crippen LogP contribution in [0, 0.1) is 0 Å². The van der Waals surface area contributed by atoms with Gasteiger partial charge in [0.2, 0.25) is 17.7 Å². The molecule has 0 saturated carbocycles. The fourth-order valence-electron chi connectivity index (χ4n) is 3.37. The number of anilines is 4. The molecule has 1 aliphatic heterocycles. The lowest BCUT2D eigenvalue weighted by Crippen LogP contribution is -2.44. The molecule has 0 spiro atoms. The molecule has 0 aliphatic carbocycles. The van der Waals surface area contributed by atoms with E-state index in [1.165, 1.54) is 11.8 Å². The highest BCUT2D eigenvalue weighted by atomic mass is 79.9. The lowest BCUT2D eigenvalue weighted by Gasteiger charge is -2.34. The van der Waals surface area contributed by atoms with Crippen molar-refractivity contribution < 1.29 is 9.53 Å². The van der Waals surface area contributed by atoms with Gasteiger partial charge in [0.1, 0.15) is 5.75 Å². The number of carbonyl (C=O) groups excluding carboxylic acids is 1. The minimum atomic E-state index is -0.291. The predicted molar refractivity (Wildman–Crippen MR) is 135 cm³/mol. The molecule has 1 aliphatic rings. The monoisotopic (exact) mass is 508 g/mol. The topological polar surface area (TPSA) is 82.6 Å². The molecule has 0 radical (unpaired) electrons. The number of hydrogen-bond donors (Lipinski definition) is 2. The van der Waals surface area contributed by atoms with Gasteiger partial charge in [-0.2, -0.15) is 4.98 Å². The number of halogens is 1. The second kappa shape index (κ2) is 10.5. The third kappa shape index (κ3) is 6.09. The lowest BCUT2D eigenvalue weighted by atomic mass is 10.2. The van der Waals surface area contributed by atoms with Crippen LogP contribution in [0.25, 0.3) is 0 Å². The van der Waals surface area contributed by atoms with E-state index in [2.05, 4.69) is 72.1 Å². The first-order chi connectivity index (χ1) is 16.0. The van der Waals surface area contributed by atoms with Crippen molar-refractivity contribution in [2.24, 2.45) is 0 Å². The van der Waals surface area contributed by atoms with E-state index < -0.39 is 0 Å². The molecule has 2 N–H and O–H groups in total. The molecule has 1 fully saturated rings. The fourth-order valence-corrected chi connectivity index (χ4v) is 3.65. The summed E-state index contributed by atoms with van der Waals surface area (Å²) >= 11 is 3.43. The van der Waals surface area contributed by atoms with Crippen LogP contribution in [0.15, 0.2) is 71.9 Å². The zero-order chi connectivity index (χ0) is 23.2. The quantitative estimate of drug-likeness (QED) is 0.449. The Morgan fingerprint density at radius 1 is 1.12 bits per heavy atom. The number of hydrogen-bond acceptors (Lipinski definition) is 7. The van der Waals surface area contributed by atoms with Gasteiger partial charge in [-0.25, -0.2) is 4.98 Å². The van der Waals surface area contributed by atoms with Crippen LogP contribution in [0.4, 0.5) is 23.0 Å². The maximum Gasteiger partial charge on any atom is 0.247 e. The molecule has 2 heterocycles. The molecular weight excluding hydrogens is 484 g/mol. The van der Waals surface area contributed by atoms with Gasteiger partial charge in [0.25, 0.3) is 0 Å². The molecule has 0 atom stereocenters. The zero-order valence-electron chi connectivity index (χ0n) is 18.3. The van der Waals surface area contributed by atoms with E-state index in [4.69, 9.17) is 4.74 Å². The van der Waals surface area contributed by atoms with E-state index in [1.54, 1.807) is 30.5 Å². The van der Waals surface area contributed by atoms with Crippen molar-refractivity contribution in [3.8, 4) is 11.6 Å². The Balaban J connectivity index is 1.44.